The van der Waals surface area contributed by atoms with Gasteiger partial charge in [0.1, 0.15) is 0 Å². The van der Waals surface area contributed by atoms with Crippen LogP contribution in [-0.4, -0.2) is 36.3 Å². The number of ether oxygens (including phenoxy) is 1. The van der Waals surface area contributed by atoms with E-state index in [0.717, 1.165) is 37.6 Å². The number of aromatic nitrogens is 2. The molecule has 2 aromatic rings. The van der Waals surface area contributed by atoms with E-state index in [-0.39, 0.29) is 5.56 Å². The summed E-state index contributed by atoms with van der Waals surface area (Å²) in [4.78, 5) is 20.7. The third-order valence-corrected chi connectivity index (χ3v) is 3.47. The van der Waals surface area contributed by atoms with Crippen LogP contribution in [0.15, 0.2) is 40.3 Å². The summed E-state index contributed by atoms with van der Waals surface area (Å²) in [6.07, 6.45) is 0. The fourth-order valence-corrected chi connectivity index (χ4v) is 2.57. The minimum atomic E-state index is -0.197. The summed E-state index contributed by atoms with van der Waals surface area (Å²) in [5.41, 5.74) is 2.45. The Labute approximate surface area is 122 Å². The first-order valence-electron chi connectivity index (χ1n) is 6.46. The molecule has 5 nitrogen and oxygen atoms in total. The average Bonchev–Trinajstić information content (AvgIpc) is 2.47. The van der Waals surface area contributed by atoms with Crippen molar-refractivity contribution >= 4 is 18.3 Å². The van der Waals surface area contributed by atoms with Gasteiger partial charge in [0.15, 0.2) is 5.16 Å². The summed E-state index contributed by atoms with van der Waals surface area (Å²) in [5, 5.41) is 0.323. The normalized spacial score (nSPS) is 15.3. The van der Waals surface area contributed by atoms with E-state index in [1.165, 1.54) is 6.07 Å². The molecule has 0 radical (unpaired) electrons. The molecule has 1 N–H and O–H groups in total. The Hall–Kier alpha value is -1.79. The molecule has 0 aliphatic carbocycles. The van der Waals surface area contributed by atoms with Crippen molar-refractivity contribution in [2.75, 3.05) is 31.2 Å². The van der Waals surface area contributed by atoms with E-state index >= 15 is 0 Å². The number of H-pyrrole nitrogens is 1. The van der Waals surface area contributed by atoms with Crippen molar-refractivity contribution in [3.05, 3.63) is 40.7 Å². The van der Waals surface area contributed by atoms with Gasteiger partial charge in [-0.05, 0) is 6.07 Å². The van der Waals surface area contributed by atoms with Gasteiger partial charge in [-0.1, -0.05) is 18.2 Å². The quantitative estimate of drug-likeness (QED) is 0.651. The van der Waals surface area contributed by atoms with Crippen molar-refractivity contribution in [2.45, 2.75) is 5.16 Å². The minimum Gasteiger partial charge on any atom is -0.378 e. The SMILES string of the molecule is O=c1cc(-c2ccccc2N2CCOCC2)nc(S)[nH]1. The number of hydrogen-bond acceptors (Lipinski definition) is 5. The second-order valence-electron chi connectivity index (χ2n) is 4.57. The number of para-hydroxylation sites is 1. The zero-order chi connectivity index (χ0) is 13.9. The van der Waals surface area contributed by atoms with Crippen LogP contribution in [0.4, 0.5) is 5.69 Å². The molecular formula is C14H15N3O2S. The maximum absolute atomic E-state index is 11.6. The van der Waals surface area contributed by atoms with Crippen LogP contribution in [0.3, 0.4) is 0 Å². The lowest BCUT2D eigenvalue weighted by Crippen LogP contribution is -2.36. The van der Waals surface area contributed by atoms with Crippen LogP contribution in [0.5, 0.6) is 0 Å². The Morgan fingerprint density at radius 1 is 1.25 bits per heavy atom. The average molecular weight is 289 g/mol. The predicted octanol–water partition coefficient (Wildman–Crippen LogP) is 1.56. The lowest BCUT2D eigenvalue weighted by Gasteiger charge is -2.30. The number of morpholine rings is 1. The standard InChI is InChI=1S/C14H15N3O2S/c18-13-9-11(15-14(20)16-13)10-3-1-2-4-12(10)17-5-7-19-8-6-17/h1-4,9H,5-8H2,(H2,15,16,18,20). The highest BCUT2D eigenvalue weighted by Gasteiger charge is 2.16. The Bertz CT molecular complexity index is 665. The van der Waals surface area contributed by atoms with Crippen LogP contribution in [0.1, 0.15) is 0 Å². The minimum absolute atomic E-state index is 0.197. The van der Waals surface area contributed by atoms with Gasteiger partial charge in [-0.2, -0.15) is 0 Å². The monoisotopic (exact) mass is 289 g/mol. The van der Waals surface area contributed by atoms with Gasteiger partial charge in [0.25, 0.3) is 5.56 Å². The number of nitrogens with one attached hydrogen (secondary N) is 1. The third kappa shape index (κ3) is 2.71. The maximum Gasteiger partial charge on any atom is 0.252 e. The molecule has 1 aliphatic rings. The lowest BCUT2D eigenvalue weighted by atomic mass is 10.1. The largest absolute Gasteiger partial charge is 0.378 e. The predicted molar refractivity (Wildman–Crippen MR) is 80.6 cm³/mol. The van der Waals surface area contributed by atoms with Crippen molar-refractivity contribution in [2.24, 2.45) is 0 Å². The van der Waals surface area contributed by atoms with Crippen LogP contribution >= 0.6 is 12.6 Å². The van der Waals surface area contributed by atoms with Gasteiger partial charge in [-0.3, -0.25) is 4.79 Å². The summed E-state index contributed by atoms with van der Waals surface area (Å²) in [5.74, 6) is 0. The number of benzene rings is 1. The molecule has 104 valence electrons. The summed E-state index contributed by atoms with van der Waals surface area (Å²) in [6, 6.07) is 9.45. The smallest absolute Gasteiger partial charge is 0.252 e. The van der Waals surface area contributed by atoms with Gasteiger partial charge in [0.2, 0.25) is 0 Å². The van der Waals surface area contributed by atoms with Crippen molar-refractivity contribution in [1.29, 1.82) is 0 Å². The van der Waals surface area contributed by atoms with Crippen molar-refractivity contribution < 1.29 is 4.74 Å². The number of nitrogens with zero attached hydrogens (tertiary/aromatic N) is 2. The third-order valence-electron chi connectivity index (χ3n) is 3.26. The Morgan fingerprint density at radius 3 is 2.75 bits per heavy atom. The molecule has 0 saturated carbocycles. The highest BCUT2D eigenvalue weighted by atomic mass is 32.1. The molecule has 0 spiro atoms. The van der Waals surface area contributed by atoms with Crippen LogP contribution in [-0.2, 0) is 4.74 Å². The molecule has 20 heavy (non-hydrogen) atoms. The van der Waals surface area contributed by atoms with E-state index in [1.54, 1.807) is 0 Å². The summed E-state index contributed by atoms with van der Waals surface area (Å²) in [7, 11) is 0. The summed E-state index contributed by atoms with van der Waals surface area (Å²) < 4.78 is 5.38. The molecule has 1 aromatic heterocycles. The van der Waals surface area contributed by atoms with Crippen LogP contribution in [0, 0.1) is 0 Å². The fraction of sp³-hybridized carbons (Fsp3) is 0.286. The van der Waals surface area contributed by atoms with Gasteiger partial charge in [0, 0.05) is 30.4 Å². The van der Waals surface area contributed by atoms with Crippen LogP contribution in [0.25, 0.3) is 11.3 Å². The van der Waals surface area contributed by atoms with Gasteiger partial charge in [0.05, 0.1) is 18.9 Å². The molecule has 0 unspecified atom stereocenters. The Balaban J connectivity index is 2.06. The van der Waals surface area contributed by atoms with Crippen molar-refractivity contribution in [3.63, 3.8) is 0 Å². The first-order valence-corrected chi connectivity index (χ1v) is 6.91. The second kappa shape index (κ2) is 5.68. The molecule has 0 bridgehead atoms. The van der Waals surface area contributed by atoms with Gasteiger partial charge < -0.3 is 14.6 Å². The fourth-order valence-electron chi connectivity index (χ4n) is 2.35. The summed E-state index contributed by atoms with van der Waals surface area (Å²) in [6.45, 7) is 3.12. The number of thiol groups is 1. The number of rotatable bonds is 2. The number of anilines is 1. The highest BCUT2D eigenvalue weighted by Crippen LogP contribution is 2.29. The zero-order valence-electron chi connectivity index (χ0n) is 10.9. The molecule has 1 fully saturated rings. The highest BCUT2D eigenvalue weighted by molar-refractivity contribution is 7.80. The zero-order valence-corrected chi connectivity index (χ0v) is 11.8. The second-order valence-corrected chi connectivity index (χ2v) is 4.99. The topological polar surface area (TPSA) is 58.2 Å². The summed E-state index contributed by atoms with van der Waals surface area (Å²) >= 11 is 4.14. The van der Waals surface area contributed by atoms with E-state index in [1.807, 2.05) is 24.3 Å². The maximum atomic E-state index is 11.6. The van der Waals surface area contributed by atoms with Crippen LogP contribution in [0.2, 0.25) is 0 Å². The molecule has 0 atom stereocenters. The molecule has 0 amide bonds. The van der Waals surface area contributed by atoms with E-state index in [2.05, 4.69) is 27.5 Å². The van der Waals surface area contributed by atoms with Gasteiger partial charge >= 0.3 is 0 Å². The molecule has 2 heterocycles. The molecule has 6 heteroatoms. The first-order chi connectivity index (χ1) is 9.74. The Kier molecular flexibility index (Phi) is 3.75. The van der Waals surface area contributed by atoms with Crippen molar-refractivity contribution in [3.8, 4) is 11.3 Å². The van der Waals surface area contributed by atoms with E-state index in [4.69, 9.17) is 4.74 Å². The van der Waals surface area contributed by atoms with E-state index in [0.29, 0.717) is 10.9 Å². The molecule has 3 rings (SSSR count). The Morgan fingerprint density at radius 2 is 2.00 bits per heavy atom. The van der Waals surface area contributed by atoms with Gasteiger partial charge in [-0.25, -0.2) is 4.98 Å². The molecule has 1 aliphatic heterocycles. The van der Waals surface area contributed by atoms with E-state index < -0.39 is 0 Å². The van der Waals surface area contributed by atoms with Crippen molar-refractivity contribution in [1.82, 2.24) is 9.97 Å². The molecular weight excluding hydrogens is 274 g/mol. The number of hydrogen-bond donors (Lipinski definition) is 2. The lowest BCUT2D eigenvalue weighted by molar-refractivity contribution is 0.123. The van der Waals surface area contributed by atoms with Gasteiger partial charge in [-0.15, -0.1) is 12.6 Å². The molecule has 1 aromatic carbocycles. The number of aromatic amines is 1. The van der Waals surface area contributed by atoms with Crippen LogP contribution < -0.4 is 10.5 Å². The molecule has 1 saturated heterocycles. The first kappa shape index (κ1) is 13.2. The van der Waals surface area contributed by atoms with E-state index in [9.17, 15) is 4.79 Å².